The molecule has 0 bridgehead atoms. The van der Waals surface area contributed by atoms with Crippen molar-refractivity contribution in [1.29, 1.82) is 0 Å². The lowest BCUT2D eigenvalue weighted by atomic mass is 10.1. The zero-order valence-corrected chi connectivity index (χ0v) is 6.06. The Labute approximate surface area is 60.9 Å². The van der Waals surface area contributed by atoms with Gasteiger partial charge in [-0.3, -0.25) is 0 Å². The van der Waals surface area contributed by atoms with Crippen LogP contribution < -0.4 is 0 Å². The Hall–Kier alpha value is -0.790. The van der Waals surface area contributed by atoms with Gasteiger partial charge in [-0.15, -0.1) is 0 Å². The first-order chi connectivity index (χ1) is 4.80. The highest BCUT2D eigenvalue weighted by molar-refractivity contribution is 5.87. The fraction of sp³-hybridized carbons (Fsp3) is 0.625. The van der Waals surface area contributed by atoms with Crippen LogP contribution >= 0.6 is 0 Å². The van der Waals surface area contributed by atoms with Crippen LogP contribution in [0.3, 0.4) is 0 Å². The minimum absolute atomic E-state index is 0.209. The molecule has 0 saturated carbocycles. The van der Waals surface area contributed by atoms with Gasteiger partial charge in [-0.1, -0.05) is 6.58 Å². The predicted molar refractivity (Wildman–Crippen MR) is 38.6 cm³/mol. The highest BCUT2D eigenvalue weighted by Crippen LogP contribution is 2.12. The van der Waals surface area contributed by atoms with Crippen molar-refractivity contribution in [3.8, 4) is 0 Å². The second-order valence-corrected chi connectivity index (χ2v) is 2.55. The van der Waals surface area contributed by atoms with Crippen LogP contribution in [0.2, 0.25) is 0 Å². The van der Waals surface area contributed by atoms with Gasteiger partial charge in [0.1, 0.15) is 0 Å². The van der Waals surface area contributed by atoms with Crippen molar-refractivity contribution in [2.24, 2.45) is 0 Å². The van der Waals surface area contributed by atoms with E-state index >= 15 is 0 Å². The Balaban J connectivity index is 2.43. The predicted octanol–water partition coefficient (Wildman–Crippen LogP) is 1.66. The third-order valence-corrected chi connectivity index (χ3v) is 1.64. The molecule has 1 fully saturated rings. The Morgan fingerprint density at radius 3 is 2.90 bits per heavy atom. The van der Waals surface area contributed by atoms with E-state index in [2.05, 4.69) is 6.58 Å². The molecule has 1 heterocycles. The Bertz CT molecular complexity index is 131. The van der Waals surface area contributed by atoms with Crippen LogP contribution in [-0.4, -0.2) is 12.6 Å². The maximum atomic E-state index is 10.8. The lowest BCUT2D eigenvalue weighted by Crippen LogP contribution is -2.10. The van der Waals surface area contributed by atoms with Crippen LogP contribution in [0.25, 0.3) is 0 Å². The number of hydrogen-bond donors (Lipinski definition) is 0. The molecule has 0 N–H and O–H groups in total. The Morgan fingerprint density at radius 1 is 1.30 bits per heavy atom. The minimum Gasteiger partial charge on any atom is -0.462 e. The second kappa shape index (κ2) is 3.40. The van der Waals surface area contributed by atoms with Gasteiger partial charge in [0.25, 0.3) is 0 Å². The van der Waals surface area contributed by atoms with Crippen molar-refractivity contribution in [3.05, 3.63) is 12.2 Å². The minimum atomic E-state index is -0.209. The summed E-state index contributed by atoms with van der Waals surface area (Å²) in [5.41, 5.74) is 0.625. The van der Waals surface area contributed by atoms with Crippen molar-refractivity contribution < 1.29 is 9.53 Å². The number of esters is 1. The van der Waals surface area contributed by atoms with E-state index in [-0.39, 0.29) is 5.97 Å². The maximum absolute atomic E-state index is 10.8. The van der Waals surface area contributed by atoms with Gasteiger partial charge >= 0.3 is 5.97 Å². The zero-order chi connectivity index (χ0) is 7.40. The highest BCUT2D eigenvalue weighted by Gasteiger charge is 2.10. The van der Waals surface area contributed by atoms with Crippen LogP contribution in [0, 0.1) is 0 Å². The van der Waals surface area contributed by atoms with Crippen LogP contribution in [0.5, 0.6) is 0 Å². The second-order valence-electron chi connectivity index (χ2n) is 2.55. The van der Waals surface area contributed by atoms with Crippen molar-refractivity contribution in [3.63, 3.8) is 0 Å². The molecule has 0 radical (unpaired) electrons. The largest absolute Gasteiger partial charge is 0.462 e. The first-order valence-electron chi connectivity index (χ1n) is 3.65. The SMILES string of the molecule is C=C1CCCCCOC1=O. The molecule has 10 heavy (non-hydrogen) atoms. The summed E-state index contributed by atoms with van der Waals surface area (Å²) >= 11 is 0. The van der Waals surface area contributed by atoms with E-state index in [4.69, 9.17) is 4.74 Å². The van der Waals surface area contributed by atoms with E-state index in [9.17, 15) is 4.79 Å². The van der Waals surface area contributed by atoms with E-state index in [1.54, 1.807) is 0 Å². The molecule has 0 aromatic rings. The van der Waals surface area contributed by atoms with Crippen molar-refractivity contribution >= 4 is 5.97 Å². The summed E-state index contributed by atoms with van der Waals surface area (Å²) in [6.07, 6.45) is 4.03. The summed E-state index contributed by atoms with van der Waals surface area (Å²) in [5, 5.41) is 0. The summed E-state index contributed by atoms with van der Waals surface area (Å²) in [4.78, 5) is 10.8. The molecule has 0 amide bonds. The zero-order valence-electron chi connectivity index (χ0n) is 6.06. The Morgan fingerprint density at radius 2 is 2.10 bits per heavy atom. The van der Waals surface area contributed by atoms with Crippen LogP contribution in [0.1, 0.15) is 25.7 Å². The highest BCUT2D eigenvalue weighted by atomic mass is 16.5. The van der Waals surface area contributed by atoms with Gasteiger partial charge in [-0.05, 0) is 25.7 Å². The van der Waals surface area contributed by atoms with E-state index in [1.165, 1.54) is 0 Å². The molecule has 2 nitrogen and oxygen atoms in total. The average molecular weight is 140 g/mol. The van der Waals surface area contributed by atoms with Crippen molar-refractivity contribution in [2.75, 3.05) is 6.61 Å². The Kier molecular flexibility index (Phi) is 2.49. The number of carbonyl (C=O) groups is 1. The maximum Gasteiger partial charge on any atom is 0.333 e. The monoisotopic (exact) mass is 140 g/mol. The third kappa shape index (κ3) is 1.87. The summed E-state index contributed by atoms with van der Waals surface area (Å²) in [6, 6.07) is 0. The summed E-state index contributed by atoms with van der Waals surface area (Å²) in [6.45, 7) is 4.19. The van der Waals surface area contributed by atoms with Gasteiger partial charge in [-0.25, -0.2) is 4.79 Å². The molecule has 1 saturated heterocycles. The lowest BCUT2D eigenvalue weighted by molar-refractivity contribution is -0.139. The van der Waals surface area contributed by atoms with Crippen LogP contribution in [0.4, 0.5) is 0 Å². The summed E-state index contributed by atoms with van der Waals surface area (Å²) in [5.74, 6) is -0.209. The molecule has 0 unspecified atom stereocenters. The normalized spacial score (nSPS) is 21.2. The molecular formula is C8H12O2. The molecule has 0 aromatic heterocycles. The molecule has 0 aromatic carbocycles. The molecule has 0 spiro atoms. The van der Waals surface area contributed by atoms with E-state index < -0.39 is 0 Å². The number of cyclic esters (lactones) is 1. The van der Waals surface area contributed by atoms with Gasteiger partial charge in [0.2, 0.25) is 0 Å². The molecular weight excluding hydrogens is 128 g/mol. The van der Waals surface area contributed by atoms with E-state index in [1.807, 2.05) is 0 Å². The average Bonchev–Trinajstić information content (AvgIpc) is 1.92. The molecule has 1 rings (SSSR count). The van der Waals surface area contributed by atoms with Gasteiger partial charge in [0.05, 0.1) is 6.61 Å². The number of ether oxygens (including phenoxy) is 1. The van der Waals surface area contributed by atoms with E-state index in [0.717, 1.165) is 25.7 Å². The van der Waals surface area contributed by atoms with Gasteiger partial charge in [0, 0.05) is 5.57 Å². The molecule has 1 aliphatic rings. The molecule has 0 atom stereocenters. The summed E-state index contributed by atoms with van der Waals surface area (Å²) < 4.78 is 4.86. The molecule has 0 aliphatic carbocycles. The number of carbonyl (C=O) groups excluding carboxylic acids is 1. The smallest absolute Gasteiger partial charge is 0.333 e. The molecule has 56 valence electrons. The molecule has 2 heteroatoms. The standard InChI is InChI=1S/C8H12O2/c1-7-5-3-2-4-6-10-8(7)9/h1-6H2. The first-order valence-corrected chi connectivity index (χ1v) is 3.65. The number of hydrogen-bond acceptors (Lipinski definition) is 2. The fourth-order valence-electron chi connectivity index (χ4n) is 0.986. The fourth-order valence-corrected chi connectivity index (χ4v) is 0.986. The van der Waals surface area contributed by atoms with Crippen LogP contribution in [0.15, 0.2) is 12.2 Å². The lowest BCUT2D eigenvalue weighted by Gasteiger charge is -2.10. The van der Waals surface area contributed by atoms with Crippen LogP contribution in [-0.2, 0) is 9.53 Å². The van der Waals surface area contributed by atoms with Gasteiger partial charge in [-0.2, -0.15) is 0 Å². The van der Waals surface area contributed by atoms with Crippen molar-refractivity contribution in [1.82, 2.24) is 0 Å². The van der Waals surface area contributed by atoms with Gasteiger partial charge < -0.3 is 4.74 Å². The third-order valence-electron chi connectivity index (χ3n) is 1.64. The van der Waals surface area contributed by atoms with Gasteiger partial charge in [0.15, 0.2) is 0 Å². The topological polar surface area (TPSA) is 26.3 Å². The van der Waals surface area contributed by atoms with E-state index in [0.29, 0.717) is 12.2 Å². The molecule has 1 aliphatic heterocycles. The van der Waals surface area contributed by atoms with Crippen molar-refractivity contribution in [2.45, 2.75) is 25.7 Å². The number of rotatable bonds is 0. The first kappa shape index (κ1) is 7.32. The summed E-state index contributed by atoms with van der Waals surface area (Å²) in [7, 11) is 0. The quantitative estimate of drug-likeness (QED) is 0.378.